The number of ether oxygens (including phenoxy) is 2. The van der Waals surface area contributed by atoms with Gasteiger partial charge in [-0.15, -0.1) is 0 Å². The second kappa shape index (κ2) is 10.3. The Morgan fingerprint density at radius 3 is 1.21 bits per heavy atom. The van der Waals surface area contributed by atoms with E-state index in [0.717, 1.165) is 26.1 Å². The van der Waals surface area contributed by atoms with Gasteiger partial charge in [-0.2, -0.15) is 0 Å². The highest BCUT2D eigenvalue weighted by atomic mass is 16.5. The topological polar surface area (TPSA) is 52.6 Å². The second-order valence-corrected chi connectivity index (χ2v) is 7.76. The van der Waals surface area contributed by atoms with Crippen LogP contribution in [-0.2, 0) is 19.1 Å². The molecule has 24 heavy (non-hydrogen) atoms. The van der Waals surface area contributed by atoms with Gasteiger partial charge in [0.15, 0.2) is 0 Å². The zero-order chi connectivity index (χ0) is 19.0. The molecule has 2 aliphatic heterocycles. The molecule has 2 heterocycles. The van der Waals surface area contributed by atoms with E-state index in [1.807, 2.05) is 55.4 Å². The Morgan fingerprint density at radius 2 is 1.04 bits per heavy atom. The van der Waals surface area contributed by atoms with Gasteiger partial charge in [-0.25, -0.2) is 0 Å². The third kappa shape index (κ3) is 6.29. The van der Waals surface area contributed by atoms with Crippen molar-refractivity contribution < 1.29 is 19.1 Å². The monoisotopic (exact) mass is 342 g/mol. The van der Waals surface area contributed by atoms with Crippen LogP contribution in [0.3, 0.4) is 0 Å². The molecule has 0 aliphatic carbocycles. The predicted octanol–water partition coefficient (Wildman–Crippen LogP) is 4.30. The van der Waals surface area contributed by atoms with Crippen LogP contribution in [0.25, 0.3) is 0 Å². The van der Waals surface area contributed by atoms with Crippen molar-refractivity contribution in [2.75, 3.05) is 26.4 Å². The molecule has 0 bridgehead atoms. The molecule has 0 radical (unpaired) electrons. The third-order valence-corrected chi connectivity index (χ3v) is 4.68. The molecule has 2 fully saturated rings. The number of ketones is 2. The first-order valence-electron chi connectivity index (χ1n) is 9.36. The smallest absolute Gasteiger partial charge is 0.143 e. The van der Waals surface area contributed by atoms with Gasteiger partial charge in [-0.1, -0.05) is 55.4 Å². The van der Waals surface area contributed by atoms with Crippen LogP contribution >= 0.6 is 0 Å². The molecule has 0 aromatic carbocycles. The van der Waals surface area contributed by atoms with Crippen molar-refractivity contribution in [1.82, 2.24) is 0 Å². The van der Waals surface area contributed by atoms with Gasteiger partial charge in [-0.3, -0.25) is 9.59 Å². The first kappa shape index (κ1) is 23.3. The van der Waals surface area contributed by atoms with Gasteiger partial charge in [0, 0.05) is 25.0 Å². The number of rotatable bonds is 4. The van der Waals surface area contributed by atoms with Crippen molar-refractivity contribution in [3.63, 3.8) is 0 Å². The van der Waals surface area contributed by atoms with E-state index in [1.54, 1.807) is 0 Å². The largest absolute Gasteiger partial charge is 0.380 e. The average molecular weight is 343 g/mol. The molecule has 4 nitrogen and oxygen atoms in total. The van der Waals surface area contributed by atoms with Crippen molar-refractivity contribution in [3.8, 4) is 0 Å². The Kier molecular flexibility index (Phi) is 9.98. The quantitative estimate of drug-likeness (QED) is 0.764. The Hall–Kier alpha value is -0.740. The molecule has 2 aliphatic rings. The Bertz CT molecular complexity index is 348. The summed E-state index contributed by atoms with van der Waals surface area (Å²) < 4.78 is 10.4. The molecule has 142 valence electrons. The fourth-order valence-electron chi connectivity index (χ4n) is 3.12. The molecule has 0 saturated carbocycles. The van der Waals surface area contributed by atoms with Crippen LogP contribution in [-0.4, -0.2) is 38.0 Å². The lowest BCUT2D eigenvalue weighted by Crippen LogP contribution is -2.31. The van der Waals surface area contributed by atoms with Gasteiger partial charge in [0.05, 0.1) is 24.0 Å². The first-order valence-corrected chi connectivity index (χ1v) is 9.36. The van der Waals surface area contributed by atoms with E-state index in [4.69, 9.17) is 9.47 Å². The van der Waals surface area contributed by atoms with Crippen LogP contribution in [0.15, 0.2) is 0 Å². The molecule has 0 aromatic heterocycles. The van der Waals surface area contributed by atoms with E-state index in [-0.39, 0.29) is 22.7 Å². The molecule has 2 atom stereocenters. The minimum absolute atomic E-state index is 0.140. The fourth-order valence-corrected chi connectivity index (χ4v) is 3.12. The van der Waals surface area contributed by atoms with Gasteiger partial charge < -0.3 is 9.47 Å². The van der Waals surface area contributed by atoms with E-state index in [2.05, 4.69) is 0 Å². The fraction of sp³-hybridized carbons (Fsp3) is 0.900. The van der Waals surface area contributed by atoms with Crippen molar-refractivity contribution in [3.05, 3.63) is 0 Å². The van der Waals surface area contributed by atoms with Crippen molar-refractivity contribution in [1.29, 1.82) is 0 Å². The van der Waals surface area contributed by atoms with E-state index in [1.165, 1.54) is 0 Å². The zero-order valence-electron chi connectivity index (χ0n) is 17.0. The highest BCUT2D eigenvalue weighted by Crippen LogP contribution is 2.32. The minimum atomic E-state index is -0.186. The maximum atomic E-state index is 11.6. The molecular formula is C20H38O4. The molecule has 0 aromatic rings. The summed E-state index contributed by atoms with van der Waals surface area (Å²) in [5.41, 5.74) is -0.373. The Morgan fingerprint density at radius 1 is 0.750 bits per heavy atom. The van der Waals surface area contributed by atoms with E-state index >= 15 is 0 Å². The molecule has 4 heteroatoms. The van der Waals surface area contributed by atoms with Crippen LogP contribution in [0.1, 0.15) is 68.2 Å². The molecule has 0 spiro atoms. The van der Waals surface area contributed by atoms with Crippen LogP contribution in [0.4, 0.5) is 0 Å². The SMILES string of the molecule is CC.CC(C)C(=O)C1(C)CCOC1.CC(C)C(=O)C1(C)CCOC1. The summed E-state index contributed by atoms with van der Waals surface area (Å²) in [6.45, 7) is 18.5. The van der Waals surface area contributed by atoms with Gasteiger partial charge in [0.25, 0.3) is 0 Å². The van der Waals surface area contributed by atoms with E-state index < -0.39 is 0 Å². The lowest BCUT2D eigenvalue weighted by atomic mass is 9.80. The van der Waals surface area contributed by atoms with Crippen molar-refractivity contribution in [2.24, 2.45) is 22.7 Å². The molecule has 0 amide bonds. The van der Waals surface area contributed by atoms with Gasteiger partial charge >= 0.3 is 0 Å². The maximum Gasteiger partial charge on any atom is 0.143 e. The predicted molar refractivity (Wildman–Crippen MR) is 98.1 cm³/mol. The van der Waals surface area contributed by atoms with Crippen LogP contribution in [0.2, 0.25) is 0 Å². The number of hydrogen-bond donors (Lipinski definition) is 0. The number of carbonyl (C=O) groups excluding carboxylic acids is 2. The van der Waals surface area contributed by atoms with Crippen LogP contribution in [0.5, 0.6) is 0 Å². The van der Waals surface area contributed by atoms with Gasteiger partial charge in [0.2, 0.25) is 0 Å². The summed E-state index contributed by atoms with van der Waals surface area (Å²) in [5, 5.41) is 0. The number of hydrogen-bond acceptors (Lipinski definition) is 4. The second-order valence-electron chi connectivity index (χ2n) is 7.76. The molecular weight excluding hydrogens is 304 g/mol. The lowest BCUT2D eigenvalue weighted by Gasteiger charge is -2.21. The highest BCUT2D eigenvalue weighted by Gasteiger charge is 2.38. The normalized spacial score (nSPS) is 28.9. The van der Waals surface area contributed by atoms with E-state index in [0.29, 0.717) is 24.8 Å². The summed E-state index contributed by atoms with van der Waals surface area (Å²) >= 11 is 0. The molecule has 2 unspecified atom stereocenters. The van der Waals surface area contributed by atoms with Crippen molar-refractivity contribution >= 4 is 11.6 Å². The van der Waals surface area contributed by atoms with Crippen LogP contribution in [0, 0.1) is 22.7 Å². The number of Topliss-reactive ketones (excluding diaryl/α,β-unsaturated/α-hetero) is 2. The Labute approximate surface area is 148 Å². The summed E-state index contributed by atoms with van der Waals surface area (Å²) in [4.78, 5) is 23.2. The maximum absolute atomic E-state index is 11.6. The molecule has 2 saturated heterocycles. The Balaban J connectivity index is 0.000000400. The standard InChI is InChI=1S/2C9H16O2.C2H6/c2*1-7(2)8(10)9(3)4-5-11-6-9;1-2/h2*7H,4-6H2,1-3H3;1-2H3. The summed E-state index contributed by atoms with van der Waals surface area (Å²) in [5.74, 6) is 0.966. The average Bonchev–Trinajstić information content (AvgIpc) is 3.18. The van der Waals surface area contributed by atoms with Gasteiger partial charge in [0.1, 0.15) is 11.6 Å². The lowest BCUT2D eigenvalue weighted by molar-refractivity contribution is -0.131. The van der Waals surface area contributed by atoms with Gasteiger partial charge in [-0.05, 0) is 12.8 Å². The zero-order valence-corrected chi connectivity index (χ0v) is 17.0. The number of carbonyl (C=O) groups is 2. The molecule has 0 N–H and O–H groups in total. The minimum Gasteiger partial charge on any atom is -0.380 e. The van der Waals surface area contributed by atoms with Crippen LogP contribution < -0.4 is 0 Å². The van der Waals surface area contributed by atoms with Crippen molar-refractivity contribution in [2.45, 2.75) is 68.2 Å². The summed E-state index contributed by atoms with van der Waals surface area (Å²) in [6, 6.07) is 0. The highest BCUT2D eigenvalue weighted by molar-refractivity contribution is 5.86. The first-order chi connectivity index (χ1) is 11.1. The molecule has 2 rings (SSSR count). The van der Waals surface area contributed by atoms with E-state index in [9.17, 15) is 9.59 Å². The summed E-state index contributed by atoms with van der Waals surface area (Å²) in [6.07, 6.45) is 1.79. The third-order valence-electron chi connectivity index (χ3n) is 4.68. The summed E-state index contributed by atoms with van der Waals surface area (Å²) in [7, 11) is 0.